The highest BCUT2D eigenvalue weighted by molar-refractivity contribution is 7.13. The summed E-state index contributed by atoms with van der Waals surface area (Å²) in [6.07, 6.45) is 3.59. The SMILES string of the molecule is O=C(Nc1ccccc1-c1cccs1)C1CCN(C(=O)C2CC2)CC1. The number of likely N-dealkylation sites (tertiary alicyclic amines) is 1. The first-order valence-corrected chi connectivity index (χ1v) is 9.83. The molecular formula is C20H22N2O2S. The van der Waals surface area contributed by atoms with Gasteiger partial charge in [-0.2, -0.15) is 0 Å². The van der Waals surface area contributed by atoms with Gasteiger partial charge in [0.1, 0.15) is 0 Å². The third-order valence-corrected chi connectivity index (χ3v) is 5.98. The molecule has 1 N–H and O–H groups in total. The fraction of sp³-hybridized carbons (Fsp3) is 0.400. The smallest absolute Gasteiger partial charge is 0.227 e. The summed E-state index contributed by atoms with van der Waals surface area (Å²) >= 11 is 1.67. The number of thiophene rings is 1. The van der Waals surface area contributed by atoms with E-state index in [-0.39, 0.29) is 17.7 Å². The summed E-state index contributed by atoms with van der Waals surface area (Å²) in [5.41, 5.74) is 1.93. The fourth-order valence-electron chi connectivity index (χ4n) is 3.42. The van der Waals surface area contributed by atoms with Crippen LogP contribution in [0, 0.1) is 11.8 Å². The van der Waals surface area contributed by atoms with E-state index in [0.717, 1.165) is 41.8 Å². The van der Waals surface area contributed by atoms with Gasteiger partial charge in [0.25, 0.3) is 0 Å². The van der Waals surface area contributed by atoms with Crippen LogP contribution < -0.4 is 5.32 Å². The Morgan fingerprint density at radius 3 is 2.40 bits per heavy atom. The van der Waals surface area contributed by atoms with Gasteiger partial charge in [0.05, 0.1) is 0 Å². The quantitative estimate of drug-likeness (QED) is 0.902. The average molecular weight is 354 g/mol. The van der Waals surface area contributed by atoms with E-state index in [9.17, 15) is 9.59 Å². The van der Waals surface area contributed by atoms with Gasteiger partial charge in [-0.05, 0) is 43.2 Å². The van der Waals surface area contributed by atoms with E-state index in [1.165, 1.54) is 0 Å². The van der Waals surface area contributed by atoms with Crippen LogP contribution in [0.4, 0.5) is 5.69 Å². The molecule has 1 aromatic carbocycles. The summed E-state index contributed by atoms with van der Waals surface area (Å²) < 4.78 is 0. The molecule has 0 spiro atoms. The topological polar surface area (TPSA) is 49.4 Å². The Balaban J connectivity index is 1.39. The van der Waals surface area contributed by atoms with Crippen molar-refractivity contribution in [1.29, 1.82) is 0 Å². The number of anilines is 1. The molecule has 1 saturated carbocycles. The largest absolute Gasteiger partial charge is 0.342 e. The van der Waals surface area contributed by atoms with Crippen molar-refractivity contribution in [2.75, 3.05) is 18.4 Å². The highest BCUT2D eigenvalue weighted by Gasteiger charge is 2.36. The van der Waals surface area contributed by atoms with E-state index in [0.29, 0.717) is 19.0 Å². The predicted octanol–water partition coefficient (Wildman–Crippen LogP) is 4.00. The first-order chi connectivity index (χ1) is 12.2. The van der Waals surface area contributed by atoms with Crippen LogP contribution in [0.25, 0.3) is 10.4 Å². The Morgan fingerprint density at radius 1 is 0.960 bits per heavy atom. The minimum Gasteiger partial charge on any atom is -0.342 e. The molecule has 4 rings (SSSR count). The fourth-order valence-corrected chi connectivity index (χ4v) is 4.19. The van der Waals surface area contributed by atoms with Gasteiger partial charge in [-0.25, -0.2) is 0 Å². The maximum absolute atomic E-state index is 12.7. The Kier molecular flexibility index (Phi) is 4.57. The molecule has 4 nitrogen and oxygen atoms in total. The lowest BCUT2D eigenvalue weighted by Crippen LogP contribution is -2.42. The van der Waals surface area contributed by atoms with Crippen molar-refractivity contribution in [3.05, 3.63) is 41.8 Å². The predicted molar refractivity (Wildman–Crippen MR) is 100 cm³/mol. The van der Waals surface area contributed by atoms with Crippen LogP contribution in [0.5, 0.6) is 0 Å². The second-order valence-electron chi connectivity index (χ2n) is 6.89. The number of benzene rings is 1. The number of nitrogens with zero attached hydrogens (tertiary/aromatic N) is 1. The van der Waals surface area contributed by atoms with Gasteiger partial charge in [0.2, 0.25) is 11.8 Å². The molecule has 1 aliphatic heterocycles. The molecule has 2 aromatic rings. The first kappa shape index (κ1) is 16.3. The maximum Gasteiger partial charge on any atom is 0.227 e. The Morgan fingerprint density at radius 2 is 1.72 bits per heavy atom. The third kappa shape index (κ3) is 3.61. The van der Waals surface area contributed by atoms with Crippen LogP contribution in [0.1, 0.15) is 25.7 Å². The number of amides is 2. The van der Waals surface area contributed by atoms with E-state index in [1.807, 2.05) is 40.6 Å². The lowest BCUT2D eigenvalue weighted by atomic mass is 9.95. The summed E-state index contributed by atoms with van der Waals surface area (Å²) in [6.45, 7) is 1.42. The zero-order chi connectivity index (χ0) is 17.2. The van der Waals surface area contributed by atoms with Crippen LogP contribution >= 0.6 is 11.3 Å². The molecule has 2 heterocycles. The molecule has 1 aliphatic carbocycles. The van der Waals surface area contributed by atoms with Crippen molar-refractivity contribution in [3.63, 3.8) is 0 Å². The zero-order valence-corrected chi connectivity index (χ0v) is 14.9. The van der Waals surface area contributed by atoms with E-state index in [4.69, 9.17) is 0 Å². The Bertz CT molecular complexity index is 760. The number of hydrogen-bond acceptors (Lipinski definition) is 3. The Labute approximate surface area is 151 Å². The number of rotatable bonds is 4. The number of nitrogens with one attached hydrogen (secondary N) is 1. The number of piperidine rings is 1. The molecular weight excluding hydrogens is 332 g/mol. The van der Waals surface area contributed by atoms with Crippen LogP contribution in [-0.4, -0.2) is 29.8 Å². The molecule has 2 aliphatic rings. The van der Waals surface area contributed by atoms with Gasteiger partial charge < -0.3 is 10.2 Å². The standard InChI is InChI=1S/C20H22N2O2S/c23-19(14-9-11-22(12-10-14)20(24)15-7-8-15)21-17-5-2-1-4-16(17)18-6-3-13-25-18/h1-6,13-15H,7-12H2,(H,21,23). The van der Waals surface area contributed by atoms with Crippen molar-refractivity contribution < 1.29 is 9.59 Å². The summed E-state index contributed by atoms with van der Waals surface area (Å²) in [5, 5.41) is 5.15. The molecule has 5 heteroatoms. The van der Waals surface area contributed by atoms with Gasteiger partial charge in [-0.15, -0.1) is 11.3 Å². The molecule has 0 bridgehead atoms. The normalized spacial score (nSPS) is 18.2. The lowest BCUT2D eigenvalue weighted by molar-refractivity contribution is -0.135. The third-order valence-electron chi connectivity index (χ3n) is 5.08. The number of para-hydroxylation sites is 1. The van der Waals surface area contributed by atoms with Crippen LogP contribution in [0.15, 0.2) is 41.8 Å². The highest BCUT2D eigenvalue weighted by atomic mass is 32.1. The molecule has 2 amide bonds. The van der Waals surface area contributed by atoms with E-state index < -0.39 is 0 Å². The number of carbonyl (C=O) groups excluding carboxylic acids is 2. The molecule has 1 saturated heterocycles. The number of carbonyl (C=O) groups is 2. The van der Waals surface area contributed by atoms with Crippen LogP contribution in [0.3, 0.4) is 0 Å². The van der Waals surface area contributed by atoms with Crippen LogP contribution in [-0.2, 0) is 9.59 Å². The highest BCUT2D eigenvalue weighted by Crippen LogP contribution is 2.34. The lowest BCUT2D eigenvalue weighted by Gasteiger charge is -2.31. The maximum atomic E-state index is 12.7. The monoisotopic (exact) mass is 354 g/mol. The second-order valence-corrected chi connectivity index (χ2v) is 7.83. The molecule has 25 heavy (non-hydrogen) atoms. The van der Waals surface area contributed by atoms with Crippen molar-refractivity contribution in [1.82, 2.24) is 4.90 Å². The van der Waals surface area contributed by atoms with Gasteiger partial charge in [0, 0.05) is 41.1 Å². The first-order valence-electron chi connectivity index (χ1n) is 8.95. The molecule has 130 valence electrons. The van der Waals surface area contributed by atoms with Crippen molar-refractivity contribution in [2.24, 2.45) is 11.8 Å². The van der Waals surface area contributed by atoms with E-state index in [1.54, 1.807) is 11.3 Å². The summed E-state index contributed by atoms with van der Waals surface area (Å²) in [5.74, 6) is 0.618. The van der Waals surface area contributed by atoms with Gasteiger partial charge in [0.15, 0.2) is 0 Å². The van der Waals surface area contributed by atoms with E-state index >= 15 is 0 Å². The minimum atomic E-state index is -0.0142. The van der Waals surface area contributed by atoms with Crippen molar-refractivity contribution in [2.45, 2.75) is 25.7 Å². The minimum absolute atomic E-state index is 0.0142. The molecule has 0 unspecified atom stereocenters. The van der Waals surface area contributed by atoms with Gasteiger partial charge in [-0.3, -0.25) is 9.59 Å². The molecule has 0 atom stereocenters. The average Bonchev–Trinajstić information content (AvgIpc) is 3.36. The van der Waals surface area contributed by atoms with Crippen molar-refractivity contribution in [3.8, 4) is 10.4 Å². The van der Waals surface area contributed by atoms with Gasteiger partial charge in [-0.1, -0.05) is 24.3 Å². The molecule has 1 aromatic heterocycles. The summed E-state index contributed by atoms with van der Waals surface area (Å²) in [4.78, 5) is 27.9. The van der Waals surface area contributed by atoms with Crippen molar-refractivity contribution >= 4 is 28.8 Å². The summed E-state index contributed by atoms with van der Waals surface area (Å²) in [6, 6.07) is 12.0. The zero-order valence-electron chi connectivity index (χ0n) is 14.1. The second kappa shape index (κ2) is 7.00. The van der Waals surface area contributed by atoms with E-state index in [2.05, 4.69) is 11.4 Å². The van der Waals surface area contributed by atoms with Gasteiger partial charge >= 0.3 is 0 Å². The molecule has 0 radical (unpaired) electrons. The number of hydrogen-bond donors (Lipinski definition) is 1. The Hall–Kier alpha value is -2.14. The summed E-state index contributed by atoms with van der Waals surface area (Å²) in [7, 11) is 0. The molecule has 2 fully saturated rings. The van der Waals surface area contributed by atoms with Crippen LogP contribution in [0.2, 0.25) is 0 Å².